The van der Waals surface area contributed by atoms with Crippen LogP contribution in [0, 0.1) is 11.7 Å². The Morgan fingerprint density at radius 1 is 1.00 bits per heavy atom. The van der Waals surface area contributed by atoms with Gasteiger partial charge in [0.05, 0.1) is 28.3 Å². The molecule has 7 rings (SSSR count). The van der Waals surface area contributed by atoms with E-state index in [4.69, 9.17) is 4.98 Å². The highest BCUT2D eigenvalue weighted by Crippen LogP contribution is 2.33. The second-order valence-corrected chi connectivity index (χ2v) is 10.5. The van der Waals surface area contributed by atoms with Crippen molar-refractivity contribution in [3.63, 3.8) is 0 Å². The molecule has 0 bridgehead atoms. The molecule has 9 nitrogen and oxygen atoms in total. The summed E-state index contributed by atoms with van der Waals surface area (Å²) in [6.07, 6.45) is 6.87. The lowest BCUT2D eigenvalue weighted by atomic mass is 9.96. The zero-order chi connectivity index (χ0) is 27.9. The number of carbonyl (C=O) groups excluding carboxylic acids is 1. The molecule has 0 unspecified atom stereocenters. The number of anilines is 1. The Kier molecular flexibility index (Phi) is 6.24. The number of rotatable bonds is 5. The molecular weight excluding hydrogens is 519 g/mol. The Morgan fingerprint density at radius 3 is 2.63 bits per heavy atom. The first kappa shape index (κ1) is 25.0. The summed E-state index contributed by atoms with van der Waals surface area (Å²) in [5, 5.41) is 11.3. The summed E-state index contributed by atoms with van der Waals surface area (Å²) in [4.78, 5) is 32.3. The average Bonchev–Trinajstić information content (AvgIpc) is 3.62. The van der Waals surface area contributed by atoms with Crippen LogP contribution in [0.3, 0.4) is 0 Å². The molecule has 0 aliphatic carbocycles. The van der Waals surface area contributed by atoms with E-state index in [9.17, 15) is 9.18 Å². The van der Waals surface area contributed by atoms with Gasteiger partial charge in [0.25, 0.3) is 0 Å². The largest absolute Gasteiger partial charge is 0.337 e. The van der Waals surface area contributed by atoms with Gasteiger partial charge in [-0.15, -0.1) is 0 Å². The molecule has 6 aromatic rings. The molecule has 0 spiro atoms. The number of carbonyl (C=O) groups is 1. The van der Waals surface area contributed by atoms with Crippen molar-refractivity contribution < 1.29 is 9.18 Å². The maximum Gasteiger partial charge on any atom is 0.227 e. The Morgan fingerprint density at radius 2 is 1.80 bits per heavy atom. The number of benzene rings is 2. The summed E-state index contributed by atoms with van der Waals surface area (Å²) >= 11 is 0. The maximum absolute atomic E-state index is 13.5. The maximum atomic E-state index is 13.5. The van der Waals surface area contributed by atoms with Crippen LogP contribution in [0.2, 0.25) is 0 Å². The van der Waals surface area contributed by atoms with Gasteiger partial charge in [-0.05, 0) is 68.9 Å². The number of aromatic nitrogens is 6. The summed E-state index contributed by atoms with van der Waals surface area (Å²) in [6.45, 7) is 1.85. The predicted octanol–water partition coefficient (Wildman–Crippen LogP) is 5.65. The van der Waals surface area contributed by atoms with E-state index in [1.54, 1.807) is 30.7 Å². The molecule has 0 radical (unpaired) electrons. The lowest BCUT2D eigenvalue weighted by molar-refractivity contribution is -0.121. The van der Waals surface area contributed by atoms with Gasteiger partial charge < -0.3 is 15.2 Å². The van der Waals surface area contributed by atoms with E-state index in [1.807, 2.05) is 30.3 Å². The summed E-state index contributed by atoms with van der Waals surface area (Å²) in [5.74, 6) is 0.380. The summed E-state index contributed by atoms with van der Waals surface area (Å²) < 4.78 is 13.5. The second kappa shape index (κ2) is 10.2. The van der Waals surface area contributed by atoms with Crippen molar-refractivity contribution in [3.8, 4) is 33.8 Å². The van der Waals surface area contributed by atoms with Crippen molar-refractivity contribution >= 4 is 33.7 Å². The van der Waals surface area contributed by atoms with E-state index in [2.05, 4.69) is 42.4 Å². The van der Waals surface area contributed by atoms with E-state index >= 15 is 0 Å². The molecule has 5 heterocycles. The number of hydrogen-bond donors (Lipinski definition) is 3. The first-order valence-corrected chi connectivity index (χ1v) is 13.6. The van der Waals surface area contributed by atoms with E-state index in [-0.39, 0.29) is 17.6 Å². The minimum atomic E-state index is -0.281. The monoisotopic (exact) mass is 546 g/mol. The fourth-order valence-corrected chi connectivity index (χ4v) is 5.43. The van der Waals surface area contributed by atoms with Crippen LogP contribution in [0.4, 0.5) is 10.1 Å². The first-order chi connectivity index (χ1) is 20.0. The molecule has 1 fully saturated rings. The summed E-state index contributed by atoms with van der Waals surface area (Å²) in [7, 11) is 2.08. The molecule has 2 aromatic carbocycles. The van der Waals surface area contributed by atoms with Crippen molar-refractivity contribution in [2.24, 2.45) is 5.92 Å². The second-order valence-electron chi connectivity index (χ2n) is 10.5. The third-order valence-electron chi connectivity index (χ3n) is 7.74. The molecule has 1 saturated heterocycles. The number of imidazole rings is 1. The molecule has 0 atom stereocenters. The van der Waals surface area contributed by atoms with Crippen molar-refractivity contribution in [1.82, 2.24) is 35.0 Å². The fourth-order valence-electron chi connectivity index (χ4n) is 5.43. The lowest BCUT2D eigenvalue weighted by Crippen LogP contribution is -2.35. The number of halogens is 1. The Labute approximate surface area is 234 Å². The van der Waals surface area contributed by atoms with E-state index < -0.39 is 0 Å². The molecule has 0 saturated carbocycles. The normalized spacial score (nSPS) is 14.6. The predicted molar refractivity (Wildman–Crippen MR) is 156 cm³/mol. The van der Waals surface area contributed by atoms with Crippen molar-refractivity contribution in [1.29, 1.82) is 0 Å². The van der Waals surface area contributed by atoms with Crippen LogP contribution in [0.1, 0.15) is 12.8 Å². The van der Waals surface area contributed by atoms with Crippen LogP contribution in [-0.2, 0) is 4.79 Å². The third-order valence-corrected chi connectivity index (χ3v) is 7.74. The highest BCUT2D eigenvalue weighted by molar-refractivity contribution is 5.97. The quantitative estimate of drug-likeness (QED) is 0.257. The number of para-hydroxylation sites is 1. The number of H-pyrrole nitrogens is 2. The third kappa shape index (κ3) is 4.82. The van der Waals surface area contributed by atoms with Crippen molar-refractivity contribution in [2.75, 3.05) is 25.5 Å². The summed E-state index contributed by atoms with van der Waals surface area (Å²) in [5.41, 5.74) is 7.00. The van der Waals surface area contributed by atoms with Crippen molar-refractivity contribution in [2.45, 2.75) is 12.8 Å². The average molecular weight is 547 g/mol. The van der Waals surface area contributed by atoms with Gasteiger partial charge >= 0.3 is 0 Å². The highest BCUT2D eigenvalue weighted by Gasteiger charge is 2.23. The van der Waals surface area contributed by atoms with Crippen LogP contribution in [0.5, 0.6) is 0 Å². The topological polar surface area (TPSA) is 115 Å². The zero-order valence-corrected chi connectivity index (χ0v) is 22.4. The minimum absolute atomic E-state index is 0.00810. The van der Waals surface area contributed by atoms with E-state index in [0.29, 0.717) is 22.9 Å². The number of fused-ring (bicyclic) bond motifs is 2. The summed E-state index contributed by atoms with van der Waals surface area (Å²) in [6, 6.07) is 16.2. The molecule has 41 heavy (non-hydrogen) atoms. The number of likely N-dealkylation sites (tertiary alicyclic amines) is 1. The SMILES string of the molecule is CN1CCC(C(=O)Nc2cncc(-c3cnc4n[nH]c(-c5nc6c(-c7ccc(F)cc7)cccc6[nH]5)c4c3)c2)CC1. The molecule has 1 aliphatic rings. The lowest BCUT2D eigenvalue weighted by Gasteiger charge is -2.28. The van der Waals surface area contributed by atoms with Crippen LogP contribution >= 0.6 is 0 Å². The molecule has 4 aromatic heterocycles. The number of amides is 1. The Balaban J connectivity index is 1.20. The van der Waals surface area contributed by atoms with Gasteiger partial charge in [0.15, 0.2) is 11.5 Å². The number of hydrogen-bond acceptors (Lipinski definition) is 6. The molecule has 1 aliphatic heterocycles. The highest BCUT2D eigenvalue weighted by atomic mass is 19.1. The Hall–Kier alpha value is -4.96. The smallest absolute Gasteiger partial charge is 0.227 e. The number of aromatic amines is 2. The van der Waals surface area contributed by atoms with Gasteiger partial charge in [-0.25, -0.2) is 14.4 Å². The molecule has 3 N–H and O–H groups in total. The number of pyridine rings is 2. The van der Waals surface area contributed by atoms with Crippen molar-refractivity contribution in [3.05, 3.63) is 79.0 Å². The van der Waals surface area contributed by atoms with Gasteiger partial charge in [-0.1, -0.05) is 24.3 Å². The van der Waals surface area contributed by atoms with Crippen LogP contribution in [0.15, 0.2) is 73.2 Å². The zero-order valence-electron chi connectivity index (χ0n) is 22.4. The molecule has 204 valence electrons. The number of piperidine rings is 1. The van der Waals surface area contributed by atoms with Crippen LogP contribution < -0.4 is 5.32 Å². The first-order valence-electron chi connectivity index (χ1n) is 13.6. The Bertz CT molecular complexity index is 1890. The number of nitrogens with one attached hydrogen (secondary N) is 3. The molecule has 10 heteroatoms. The fraction of sp³-hybridized carbons (Fsp3) is 0.194. The van der Waals surface area contributed by atoms with E-state index in [1.165, 1.54) is 12.1 Å². The van der Waals surface area contributed by atoms with E-state index in [0.717, 1.165) is 64.6 Å². The van der Waals surface area contributed by atoms with Crippen LogP contribution in [0.25, 0.3) is 55.8 Å². The van der Waals surface area contributed by atoms with Gasteiger partial charge in [0.1, 0.15) is 11.5 Å². The van der Waals surface area contributed by atoms with Crippen LogP contribution in [-0.4, -0.2) is 61.1 Å². The minimum Gasteiger partial charge on any atom is -0.337 e. The molecular formula is C31H27FN8O. The van der Waals surface area contributed by atoms with Gasteiger partial charge in [-0.3, -0.25) is 14.9 Å². The van der Waals surface area contributed by atoms with Gasteiger partial charge in [0, 0.05) is 35.0 Å². The van der Waals surface area contributed by atoms with Gasteiger partial charge in [0.2, 0.25) is 5.91 Å². The number of nitrogens with zero attached hydrogens (tertiary/aromatic N) is 5. The standard InChI is InChI=1S/C31H27FN8O/c1-40-11-9-19(10-12-40)31(41)35-23-13-20(15-33-17-23)21-14-25-28(38-39-29(25)34-16-21)30-36-26-4-2-3-24(27(26)37-30)18-5-7-22(32)8-6-18/h2-8,13-17,19H,9-12H2,1H3,(H,35,41)(H,36,37)(H,34,38,39). The molecule has 1 amide bonds. The van der Waals surface area contributed by atoms with Gasteiger partial charge in [-0.2, -0.15) is 5.10 Å².